The molecule has 0 saturated heterocycles. The predicted molar refractivity (Wildman–Crippen MR) is 45.7 cm³/mol. The van der Waals surface area contributed by atoms with Crippen molar-refractivity contribution in [1.82, 2.24) is 0 Å². The lowest BCUT2D eigenvalue weighted by atomic mass is 10.3. The Kier molecular flexibility index (Phi) is 3.75. The SMILES string of the molecule is CC(O)CC(=O)O[Si](C)(C)C. The molecule has 0 aliphatic rings. The summed E-state index contributed by atoms with van der Waals surface area (Å²) < 4.78 is 5.09. The number of aliphatic hydroxyl groups is 1. The molecule has 11 heavy (non-hydrogen) atoms. The summed E-state index contributed by atoms with van der Waals surface area (Å²) in [4.78, 5) is 10.9. The Hall–Kier alpha value is -0.353. The minimum atomic E-state index is -1.75. The number of carbonyl (C=O) groups is 1. The van der Waals surface area contributed by atoms with Gasteiger partial charge in [-0.05, 0) is 26.6 Å². The normalized spacial score (nSPS) is 14.3. The molecule has 0 aliphatic carbocycles. The number of aliphatic hydroxyl groups excluding tert-OH is 1. The lowest BCUT2D eigenvalue weighted by molar-refractivity contribution is -0.136. The molecule has 0 aromatic rings. The highest BCUT2D eigenvalue weighted by atomic mass is 28.4. The van der Waals surface area contributed by atoms with E-state index in [1.807, 2.05) is 19.6 Å². The zero-order valence-electron chi connectivity index (χ0n) is 7.55. The summed E-state index contributed by atoms with van der Waals surface area (Å²) in [6, 6.07) is 0. The zero-order valence-corrected chi connectivity index (χ0v) is 8.55. The van der Waals surface area contributed by atoms with Crippen molar-refractivity contribution in [2.75, 3.05) is 0 Å². The summed E-state index contributed by atoms with van der Waals surface area (Å²) in [5.74, 6) is -0.292. The second-order valence-electron chi connectivity index (χ2n) is 3.64. The van der Waals surface area contributed by atoms with E-state index in [1.54, 1.807) is 6.92 Å². The molecule has 0 aliphatic heterocycles. The first-order valence-electron chi connectivity index (χ1n) is 3.71. The van der Waals surface area contributed by atoms with Crippen LogP contribution >= 0.6 is 0 Å². The molecular formula is C7H16O3Si. The Morgan fingerprint density at radius 3 is 2.27 bits per heavy atom. The molecule has 0 fully saturated rings. The number of hydrogen-bond acceptors (Lipinski definition) is 3. The number of hydrogen-bond donors (Lipinski definition) is 1. The third-order valence-electron chi connectivity index (χ3n) is 0.882. The van der Waals surface area contributed by atoms with Crippen LogP contribution in [-0.2, 0) is 9.22 Å². The van der Waals surface area contributed by atoms with E-state index in [-0.39, 0.29) is 12.4 Å². The topological polar surface area (TPSA) is 46.5 Å². The van der Waals surface area contributed by atoms with Crippen LogP contribution in [0.4, 0.5) is 0 Å². The van der Waals surface area contributed by atoms with Crippen molar-refractivity contribution in [2.45, 2.75) is 39.1 Å². The van der Waals surface area contributed by atoms with Crippen LogP contribution in [0.3, 0.4) is 0 Å². The van der Waals surface area contributed by atoms with Gasteiger partial charge in [-0.25, -0.2) is 0 Å². The van der Waals surface area contributed by atoms with Gasteiger partial charge in [0.25, 0.3) is 5.97 Å². The molecule has 0 saturated carbocycles. The maximum absolute atomic E-state index is 10.9. The van der Waals surface area contributed by atoms with Crippen LogP contribution < -0.4 is 0 Å². The van der Waals surface area contributed by atoms with E-state index >= 15 is 0 Å². The molecule has 0 amide bonds. The van der Waals surface area contributed by atoms with Gasteiger partial charge in [0.05, 0.1) is 12.5 Å². The highest BCUT2D eigenvalue weighted by Crippen LogP contribution is 2.05. The first-order chi connectivity index (χ1) is 4.81. The maximum atomic E-state index is 10.9. The van der Waals surface area contributed by atoms with Crippen LogP contribution in [-0.4, -0.2) is 25.5 Å². The second kappa shape index (κ2) is 3.87. The summed E-state index contributed by atoms with van der Waals surface area (Å²) in [7, 11) is -1.75. The van der Waals surface area contributed by atoms with Crippen molar-refractivity contribution >= 4 is 14.3 Å². The molecule has 0 heterocycles. The quantitative estimate of drug-likeness (QED) is 0.656. The van der Waals surface area contributed by atoms with E-state index < -0.39 is 14.4 Å². The van der Waals surface area contributed by atoms with Crippen LogP contribution in [0.5, 0.6) is 0 Å². The Morgan fingerprint density at radius 2 is 2.00 bits per heavy atom. The Balaban J connectivity index is 3.71. The summed E-state index contributed by atoms with van der Waals surface area (Å²) >= 11 is 0. The minimum absolute atomic E-state index is 0.101. The van der Waals surface area contributed by atoms with Crippen LogP contribution in [0, 0.1) is 0 Å². The highest BCUT2D eigenvalue weighted by molar-refractivity contribution is 6.71. The molecule has 0 aromatic heterocycles. The fourth-order valence-corrected chi connectivity index (χ4v) is 1.39. The summed E-state index contributed by atoms with van der Waals surface area (Å²) in [5, 5.41) is 8.83. The second-order valence-corrected chi connectivity index (χ2v) is 8.07. The monoisotopic (exact) mass is 176 g/mol. The summed E-state index contributed by atoms with van der Waals surface area (Å²) in [6.45, 7) is 7.39. The molecule has 0 spiro atoms. The largest absolute Gasteiger partial charge is 0.520 e. The first kappa shape index (κ1) is 10.6. The summed E-state index contributed by atoms with van der Waals surface area (Å²) in [6.07, 6.45) is -0.497. The van der Waals surface area contributed by atoms with Gasteiger partial charge in [0.1, 0.15) is 0 Å². The summed E-state index contributed by atoms with van der Waals surface area (Å²) in [5.41, 5.74) is 0. The van der Waals surface area contributed by atoms with Crippen molar-refractivity contribution in [3.8, 4) is 0 Å². The Labute approximate surface area is 68.5 Å². The van der Waals surface area contributed by atoms with Crippen LogP contribution in [0.2, 0.25) is 19.6 Å². The van der Waals surface area contributed by atoms with E-state index in [0.717, 1.165) is 0 Å². The molecule has 1 atom stereocenters. The molecular weight excluding hydrogens is 160 g/mol. The first-order valence-corrected chi connectivity index (χ1v) is 7.12. The lowest BCUT2D eigenvalue weighted by Crippen LogP contribution is -2.30. The van der Waals surface area contributed by atoms with Gasteiger partial charge < -0.3 is 9.53 Å². The van der Waals surface area contributed by atoms with E-state index in [2.05, 4.69) is 0 Å². The van der Waals surface area contributed by atoms with Crippen LogP contribution in [0.1, 0.15) is 13.3 Å². The van der Waals surface area contributed by atoms with Gasteiger partial charge in [0.15, 0.2) is 0 Å². The molecule has 1 unspecified atom stereocenters. The van der Waals surface area contributed by atoms with E-state index in [1.165, 1.54) is 0 Å². The number of carbonyl (C=O) groups excluding carboxylic acids is 1. The average molecular weight is 176 g/mol. The van der Waals surface area contributed by atoms with Gasteiger partial charge in [0.2, 0.25) is 8.32 Å². The molecule has 0 aromatic carbocycles. The average Bonchev–Trinajstić information content (AvgIpc) is 1.53. The Morgan fingerprint density at radius 1 is 1.55 bits per heavy atom. The van der Waals surface area contributed by atoms with Gasteiger partial charge in [-0.3, -0.25) is 4.79 Å². The van der Waals surface area contributed by atoms with Crippen molar-refractivity contribution in [3.63, 3.8) is 0 Å². The van der Waals surface area contributed by atoms with Gasteiger partial charge in [-0.1, -0.05) is 0 Å². The molecule has 4 heteroatoms. The van der Waals surface area contributed by atoms with Crippen molar-refractivity contribution in [2.24, 2.45) is 0 Å². The third-order valence-corrected chi connectivity index (χ3v) is 1.72. The molecule has 0 rings (SSSR count). The van der Waals surface area contributed by atoms with Gasteiger partial charge in [-0.2, -0.15) is 0 Å². The van der Waals surface area contributed by atoms with Gasteiger partial charge in [-0.15, -0.1) is 0 Å². The standard InChI is InChI=1S/C7H16O3Si/c1-6(8)5-7(9)10-11(2,3)4/h6,8H,5H2,1-4H3. The molecule has 3 nitrogen and oxygen atoms in total. The Bertz CT molecular complexity index is 137. The van der Waals surface area contributed by atoms with Crippen LogP contribution in [0.15, 0.2) is 0 Å². The molecule has 0 radical (unpaired) electrons. The fourth-order valence-electron chi connectivity index (χ4n) is 0.624. The molecule has 0 bridgehead atoms. The van der Waals surface area contributed by atoms with E-state index in [9.17, 15) is 4.79 Å². The molecule has 1 N–H and O–H groups in total. The molecule has 66 valence electrons. The van der Waals surface area contributed by atoms with Crippen LogP contribution in [0.25, 0.3) is 0 Å². The zero-order chi connectivity index (χ0) is 9.07. The van der Waals surface area contributed by atoms with Crippen molar-refractivity contribution in [3.05, 3.63) is 0 Å². The van der Waals surface area contributed by atoms with E-state index in [4.69, 9.17) is 9.53 Å². The smallest absolute Gasteiger partial charge is 0.295 e. The van der Waals surface area contributed by atoms with Crippen molar-refractivity contribution < 1.29 is 14.3 Å². The lowest BCUT2D eigenvalue weighted by Gasteiger charge is -2.17. The predicted octanol–water partition coefficient (Wildman–Crippen LogP) is 1.14. The van der Waals surface area contributed by atoms with Gasteiger partial charge >= 0.3 is 0 Å². The van der Waals surface area contributed by atoms with Crippen molar-refractivity contribution in [1.29, 1.82) is 0 Å². The maximum Gasteiger partial charge on any atom is 0.295 e. The third kappa shape index (κ3) is 7.54. The van der Waals surface area contributed by atoms with Gasteiger partial charge in [0, 0.05) is 0 Å². The number of rotatable bonds is 3. The van der Waals surface area contributed by atoms with E-state index in [0.29, 0.717) is 0 Å². The minimum Gasteiger partial charge on any atom is -0.520 e. The fraction of sp³-hybridized carbons (Fsp3) is 0.857. The highest BCUT2D eigenvalue weighted by Gasteiger charge is 2.20.